The molecule has 1 aliphatic heterocycles. The Labute approximate surface area is 106 Å². The van der Waals surface area contributed by atoms with E-state index < -0.39 is 11.5 Å². The van der Waals surface area contributed by atoms with Gasteiger partial charge in [-0.3, -0.25) is 4.79 Å². The number of aliphatic hydroxyl groups is 1. The molecule has 4 heteroatoms. The predicted molar refractivity (Wildman–Crippen MR) is 63.6 cm³/mol. The van der Waals surface area contributed by atoms with Crippen LogP contribution in [0.2, 0.25) is 0 Å². The normalized spacial score (nSPS) is 43.6. The van der Waals surface area contributed by atoms with Gasteiger partial charge in [0.05, 0.1) is 24.0 Å². The monoisotopic (exact) mass is 250 g/mol. The summed E-state index contributed by atoms with van der Waals surface area (Å²) in [6.45, 7) is 3.78. The van der Waals surface area contributed by atoms with Crippen molar-refractivity contribution >= 4 is 5.97 Å². The van der Waals surface area contributed by atoms with E-state index in [0.29, 0.717) is 6.42 Å². The molecule has 0 radical (unpaired) electrons. The van der Waals surface area contributed by atoms with E-state index in [0.717, 1.165) is 18.4 Å². The molecule has 2 fully saturated rings. The highest BCUT2D eigenvalue weighted by Crippen LogP contribution is 2.59. The van der Waals surface area contributed by atoms with Gasteiger partial charge in [0.25, 0.3) is 0 Å². The summed E-state index contributed by atoms with van der Waals surface area (Å²) >= 11 is 0. The molecule has 1 saturated heterocycles. The highest BCUT2D eigenvalue weighted by atomic mass is 16.6. The van der Waals surface area contributed by atoms with Gasteiger partial charge in [-0.25, -0.2) is 0 Å². The Balaban J connectivity index is 2.04. The van der Waals surface area contributed by atoms with Gasteiger partial charge in [0.2, 0.25) is 0 Å². The molecule has 1 aromatic rings. The second-order valence-electron chi connectivity index (χ2n) is 6.02. The van der Waals surface area contributed by atoms with Gasteiger partial charge in [-0.15, -0.1) is 0 Å². The largest absolute Gasteiger partial charge is 0.472 e. The van der Waals surface area contributed by atoms with Crippen molar-refractivity contribution in [3.8, 4) is 0 Å². The number of ether oxygens (including phenoxy) is 1. The second kappa shape index (κ2) is 3.60. The van der Waals surface area contributed by atoms with E-state index in [-0.39, 0.29) is 17.5 Å². The van der Waals surface area contributed by atoms with Crippen LogP contribution in [0.1, 0.15) is 44.8 Å². The van der Waals surface area contributed by atoms with Gasteiger partial charge in [-0.2, -0.15) is 0 Å². The Morgan fingerprint density at radius 2 is 2.17 bits per heavy atom. The fraction of sp³-hybridized carbons (Fsp3) is 0.643. The summed E-state index contributed by atoms with van der Waals surface area (Å²) < 4.78 is 10.6. The third-order valence-electron chi connectivity index (χ3n) is 4.59. The minimum Gasteiger partial charge on any atom is -0.472 e. The minimum absolute atomic E-state index is 0.284. The topological polar surface area (TPSA) is 59.7 Å². The van der Waals surface area contributed by atoms with E-state index in [9.17, 15) is 9.90 Å². The number of furan rings is 1. The van der Waals surface area contributed by atoms with Gasteiger partial charge >= 0.3 is 5.97 Å². The van der Waals surface area contributed by atoms with Crippen molar-refractivity contribution in [3.63, 3.8) is 0 Å². The Morgan fingerprint density at radius 3 is 2.83 bits per heavy atom. The fourth-order valence-electron chi connectivity index (χ4n) is 3.82. The van der Waals surface area contributed by atoms with Crippen LogP contribution in [-0.4, -0.2) is 16.7 Å². The summed E-state index contributed by atoms with van der Waals surface area (Å²) in [7, 11) is 0. The molecule has 3 rings (SSSR count). The smallest absolute Gasteiger partial charge is 0.313 e. The molecule has 18 heavy (non-hydrogen) atoms. The lowest BCUT2D eigenvalue weighted by Crippen LogP contribution is -2.49. The molecule has 1 saturated carbocycles. The van der Waals surface area contributed by atoms with E-state index >= 15 is 0 Å². The summed E-state index contributed by atoms with van der Waals surface area (Å²) in [6, 6.07) is 1.83. The molecule has 4 atom stereocenters. The molecule has 4 nitrogen and oxygen atoms in total. The summed E-state index contributed by atoms with van der Waals surface area (Å²) in [6.07, 6.45) is 5.34. The van der Waals surface area contributed by atoms with Crippen molar-refractivity contribution < 1.29 is 19.1 Å². The van der Waals surface area contributed by atoms with Crippen molar-refractivity contribution in [2.24, 2.45) is 11.3 Å². The molecule has 1 N–H and O–H groups in total. The van der Waals surface area contributed by atoms with Gasteiger partial charge in [0, 0.05) is 11.0 Å². The third kappa shape index (κ3) is 1.45. The Hall–Kier alpha value is -1.29. The van der Waals surface area contributed by atoms with E-state index in [2.05, 4.69) is 0 Å². The number of hydrogen-bond donors (Lipinski definition) is 1. The zero-order valence-corrected chi connectivity index (χ0v) is 10.7. The van der Waals surface area contributed by atoms with Crippen LogP contribution in [0, 0.1) is 11.3 Å². The summed E-state index contributed by atoms with van der Waals surface area (Å²) in [5.41, 5.74) is -0.434. The van der Waals surface area contributed by atoms with Crippen LogP contribution in [0.4, 0.5) is 0 Å². The van der Waals surface area contributed by atoms with Crippen LogP contribution in [0.5, 0.6) is 0 Å². The maximum Gasteiger partial charge on any atom is 0.313 e. The molecular weight excluding hydrogens is 232 g/mol. The van der Waals surface area contributed by atoms with Gasteiger partial charge in [-0.1, -0.05) is 6.92 Å². The lowest BCUT2D eigenvalue weighted by molar-refractivity contribution is -0.152. The fourth-order valence-corrected chi connectivity index (χ4v) is 3.82. The number of cyclic esters (lactones) is 1. The quantitative estimate of drug-likeness (QED) is 0.778. The Morgan fingerprint density at radius 1 is 1.39 bits per heavy atom. The van der Waals surface area contributed by atoms with Crippen molar-refractivity contribution in [1.29, 1.82) is 0 Å². The third-order valence-corrected chi connectivity index (χ3v) is 4.59. The van der Waals surface area contributed by atoms with Crippen molar-refractivity contribution in [2.75, 3.05) is 0 Å². The molecule has 0 unspecified atom stereocenters. The summed E-state index contributed by atoms with van der Waals surface area (Å²) in [5, 5.41) is 10.5. The first-order valence-electron chi connectivity index (χ1n) is 6.40. The van der Waals surface area contributed by atoms with Gasteiger partial charge in [0.15, 0.2) is 0 Å². The average Bonchev–Trinajstić information content (AvgIpc) is 2.84. The van der Waals surface area contributed by atoms with E-state index in [1.807, 2.05) is 13.0 Å². The van der Waals surface area contributed by atoms with Crippen LogP contribution >= 0.6 is 0 Å². The van der Waals surface area contributed by atoms with Crippen LogP contribution < -0.4 is 0 Å². The number of hydrogen-bond acceptors (Lipinski definition) is 4. The number of esters is 1. The van der Waals surface area contributed by atoms with E-state index in [1.54, 1.807) is 19.5 Å². The van der Waals surface area contributed by atoms with E-state index in [4.69, 9.17) is 9.15 Å². The standard InChI is InChI=1S/C14H18O4/c1-13-5-3-6-14(2,16)10(13)12(15)18-11(13)9-4-7-17-8-9/h4,7-8,10-11,16H,3,5-6H2,1-2H3/t10-,11+,13-,14-/m1/s1. The first-order chi connectivity index (χ1) is 8.45. The molecule has 1 aromatic heterocycles. The van der Waals surface area contributed by atoms with Crippen LogP contribution in [0.3, 0.4) is 0 Å². The molecule has 1 aliphatic carbocycles. The molecule has 2 heterocycles. The lowest BCUT2D eigenvalue weighted by Gasteiger charge is -2.44. The second-order valence-corrected chi connectivity index (χ2v) is 6.02. The number of rotatable bonds is 1. The van der Waals surface area contributed by atoms with Crippen molar-refractivity contribution in [2.45, 2.75) is 44.8 Å². The molecule has 0 bridgehead atoms. The summed E-state index contributed by atoms with van der Waals surface area (Å²) in [5.74, 6) is -0.730. The molecule has 98 valence electrons. The first kappa shape index (κ1) is 11.8. The molecule has 0 amide bonds. The Kier molecular flexibility index (Phi) is 2.36. The maximum atomic E-state index is 12.1. The number of carbonyl (C=O) groups excluding carboxylic acids is 1. The number of fused-ring (bicyclic) bond motifs is 1. The lowest BCUT2D eigenvalue weighted by atomic mass is 9.59. The molecule has 0 aromatic carbocycles. The summed E-state index contributed by atoms with van der Waals surface area (Å²) in [4.78, 5) is 12.1. The zero-order chi connectivity index (χ0) is 13.0. The van der Waals surface area contributed by atoms with Gasteiger partial charge < -0.3 is 14.3 Å². The molecule has 2 aliphatic rings. The zero-order valence-electron chi connectivity index (χ0n) is 10.7. The van der Waals surface area contributed by atoms with Crippen LogP contribution in [0.15, 0.2) is 23.0 Å². The Bertz CT molecular complexity index is 462. The maximum absolute atomic E-state index is 12.1. The molecular formula is C14H18O4. The van der Waals surface area contributed by atoms with Crippen molar-refractivity contribution in [1.82, 2.24) is 0 Å². The minimum atomic E-state index is -0.970. The van der Waals surface area contributed by atoms with Crippen molar-refractivity contribution in [3.05, 3.63) is 24.2 Å². The van der Waals surface area contributed by atoms with E-state index in [1.165, 1.54) is 0 Å². The predicted octanol–water partition coefficient (Wildman–Crippen LogP) is 2.43. The van der Waals surface area contributed by atoms with Gasteiger partial charge in [0.1, 0.15) is 6.10 Å². The van der Waals surface area contributed by atoms with Crippen LogP contribution in [-0.2, 0) is 9.53 Å². The highest BCUT2D eigenvalue weighted by Gasteiger charge is 2.62. The number of carbonyl (C=O) groups is 1. The van der Waals surface area contributed by atoms with Gasteiger partial charge in [-0.05, 0) is 32.3 Å². The average molecular weight is 250 g/mol. The molecule has 0 spiro atoms. The highest BCUT2D eigenvalue weighted by molar-refractivity contribution is 5.78. The first-order valence-corrected chi connectivity index (χ1v) is 6.40. The SMILES string of the molecule is C[C@@]12CCC[C@@](C)(O)[C@@H]1C(=O)O[C@H]2c1ccoc1. The van der Waals surface area contributed by atoms with Crippen LogP contribution in [0.25, 0.3) is 0 Å².